The van der Waals surface area contributed by atoms with Gasteiger partial charge in [0.1, 0.15) is 0 Å². The summed E-state index contributed by atoms with van der Waals surface area (Å²) in [6.07, 6.45) is 4.33. The van der Waals surface area contributed by atoms with Crippen molar-refractivity contribution >= 4 is 33.2 Å². The molecule has 0 saturated heterocycles. The first-order valence-electron chi connectivity index (χ1n) is 6.74. The molecule has 0 unspecified atom stereocenters. The van der Waals surface area contributed by atoms with Gasteiger partial charge >= 0.3 is 0 Å². The molecule has 1 aromatic carbocycles. The van der Waals surface area contributed by atoms with Crippen LogP contribution >= 0.6 is 27.5 Å². The Labute approximate surface area is 128 Å². The van der Waals surface area contributed by atoms with Crippen LogP contribution in [0.15, 0.2) is 16.6 Å². The summed E-state index contributed by atoms with van der Waals surface area (Å²) >= 11 is 9.62. The fourth-order valence-electron chi connectivity index (χ4n) is 2.44. The second-order valence-electron chi connectivity index (χ2n) is 4.95. The highest BCUT2D eigenvalue weighted by Gasteiger charge is 2.20. The highest BCUT2D eigenvalue weighted by molar-refractivity contribution is 9.10. The smallest absolute Gasteiger partial charge is 0.156 e. The predicted molar refractivity (Wildman–Crippen MR) is 84.2 cm³/mol. The molecule has 3 nitrogen and oxygen atoms in total. The van der Waals surface area contributed by atoms with E-state index in [-0.39, 0.29) is 0 Å². The van der Waals surface area contributed by atoms with E-state index < -0.39 is 0 Å². The van der Waals surface area contributed by atoms with Gasteiger partial charge in [0.25, 0.3) is 0 Å². The van der Waals surface area contributed by atoms with Crippen LogP contribution in [0.5, 0.6) is 5.75 Å². The van der Waals surface area contributed by atoms with E-state index in [4.69, 9.17) is 22.1 Å². The molecule has 2 rings (SSSR count). The topological polar surface area (TPSA) is 47.3 Å². The van der Waals surface area contributed by atoms with Crippen molar-refractivity contribution in [2.45, 2.75) is 44.7 Å². The van der Waals surface area contributed by atoms with Crippen LogP contribution in [-0.4, -0.2) is 18.7 Å². The Hall–Kier alpha value is -0.450. The molecule has 0 spiro atoms. The number of rotatable bonds is 4. The van der Waals surface area contributed by atoms with Crippen LogP contribution in [-0.2, 0) is 0 Å². The molecule has 5 heteroatoms. The van der Waals surface area contributed by atoms with E-state index in [1.54, 1.807) is 0 Å². The van der Waals surface area contributed by atoms with Crippen LogP contribution in [0.2, 0.25) is 5.02 Å². The van der Waals surface area contributed by atoms with Gasteiger partial charge in [0.2, 0.25) is 0 Å². The zero-order valence-electron chi connectivity index (χ0n) is 11.1. The molecule has 1 aliphatic carbocycles. The first kappa shape index (κ1) is 14.9. The monoisotopic (exact) mass is 346 g/mol. The quantitative estimate of drug-likeness (QED) is 0.859. The zero-order chi connectivity index (χ0) is 13.8. The lowest BCUT2D eigenvalue weighted by Crippen LogP contribution is -2.32. The molecule has 0 radical (unpaired) electrons. The first-order valence-corrected chi connectivity index (χ1v) is 7.91. The molecule has 1 aromatic rings. The van der Waals surface area contributed by atoms with Gasteiger partial charge < -0.3 is 15.8 Å². The largest absolute Gasteiger partial charge is 0.491 e. The standard InChI is InChI=1S/C14H20BrClN2O/c1-2-19-14-12(15)7-9(16)8-13(14)18-11-5-3-10(17)4-6-11/h7-8,10-11,18H,2-6,17H2,1H3. The molecule has 19 heavy (non-hydrogen) atoms. The highest BCUT2D eigenvalue weighted by atomic mass is 79.9. The van der Waals surface area contributed by atoms with Crippen molar-refractivity contribution in [2.75, 3.05) is 11.9 Å². The van der Waals surface area contributed by atoms with E-state index in [2.05, 4.69) is 21.2 Å². The summed E-state index contributed by atoms with van der Waals surface area (Å²) in [7, 11) is 0. The fraction of sp³-hybridized carbons (Fsp3) is 0.571. The van der Waals surface area contributed by atoms with E-state index in [0.717, 1.165) is 41.6 Å². The minimum Gasteiger partial charge on any atom is -0.491 e. The number of halogens is 2. The molecule has 0 amide bonds. The zero-order valence-corrected chi connectivity index (χ0v) is 13.4. The molecule has 1 fully saturated rings. The van der Waals surface area contributed by atoms with Crippen LogP contribution < -0.4 is 15.8 Å². The fourth-order valence-corrected chi connectivity index (χ4v) is 3.37. The van der Waals surface area contributed by atoms with E-state index >= 15 is 0 Å². The number of ether oxygens (including phenoxy) is 1. The molecule has 0 bridgehead atoms. The molecule has 106 valence electrons. The molecule has 0 aromatic heterocycles. The number of benzene rings is 1. The summed E-state index contributed by atoms with van der Waals surface area (Å²) in [5.41, 5.74) is 6.89. The van der Waals surface area contributed by atoms with Crippen LogP contribution in [0.25, 0.3) is 0 Å². The van der Waals surface area contributed by atoms with Crippen molar-refractivity contribution in [1.29, 1.82) is 0 Å². The summed E-state index contributed by atoms with van der Waals surface area (Å²) < 4.78 is 6.58. The lowest BCUT2D eigenvalue weighted by molar-refractivity contribution is 0.338. The molecular formula is C14H20BrClN2O. The Bertz CT molecular complexity index is 434. The van der Waals surface area contributed by atoms with Gasteiger partial charge in [-0.2, -0.15) is 0 Å². The number of nitrogens with two attached hydrogens (primary N) is 1. The van der Waals surface area contributed by atoms with Crippen molar-refractivity contribution in [3.63, 3.8) is 0 Å². The lowest BCUT2D eigenvalue weighted by Gasteiger charge is -2.28. The summed E-state index contributed by atoms with van der Waals surface area (Å²) in [5.74, 6) is 0.835. The van der Waals surface area contributed by atoms with Crippen LogP contribution in [0, 0.1) is 0 Å². The average Bonchev–Trinajstić information content (AvgIpc) is 2.36. The predicted octanol–water partition coefficient (Wildman–Crippen LogP) is 4.18. The summed E-state index contributed by atoms with van der Waals surface area (Å²) in [6.45, 7) is 2.61. The maximum atomic E-state index is 6.12. The Morgan fingerprint density at radius 2 is 2.05 bits per heavy atom. The Morgan fingerprint density at radius 3 is 2.68 bits per heavy atom. The third-order valence-electron chi connectivity index (χ3n) is 3.43. The van der Waals surface area contributed by atoms with Crippen LogP contribution in [0.4, 0.5) is 5.69 Å². The number of nitrogens with one attached hydrogen (secondary N) is 1. The van der Waals surface area contributed by atoms with Crippen molar-refractivity contribution in [3.8, 4) is 5.75 Å². The average molecular weight is 348 g/mol. The summed E-state index contributed by atoms with van der Waals surface area (Å²) in [5, 5.41) is 4.24. The van der Waals surface area contributed by atoms with Gasteiger partial charge in [0.15, 0.2) is 5.75 Å². The molecule has 0 aliphatic heterocycles. The van der Waals surface area contributed by atoms with Gasteiger partial charge in [-0.1, -0.05) is 11.6 Å². The van der Waals surface area contributed by atoms with Gasteiger partial charge in [-0.15, -0.1) is 0 Å². The molecular weight excluding hydrogens is 328 g/mol. The SMILES string of the molecule is CCOc1c(Br)cc(Cl)cc1NC1CCC(N)CC1. The van der Waals surface area contributed by atoms with Gasteiger partial charge in [-0.25, -0.2) is 0 Å². The molecule has 1 saturated carbocycles. The Balaban J connectivity index is 2.14. The maximum Gasteiger partial charge on any atom is 0.156 e. The highest BCUT2D eigenvalue weighted by Crippen LogP contribution is 2.37. The Kier molecular flexibility index (Phi) is 5.37. The van der Waals surface area contributed by atoms with Crippen molar-refractivity contribution in [2.24, 2.45) is 5.73 Å². The first-order chi connectivity index (χ1) is 9.10. The molecule has 3 N–H and O–H groups in total. The third kappa shape index (κ3) is 4.01. The van der Waals surface area contributed by atoms with Crippen LogP contribution in [0.1, 0.15) is 32.6 Å². The molecule has 0 heterocycles. The molecule has 1 aliphatic rings. The number of hydrogen-bond donors (Lipinski definition) is 2. The third-order valence-corrected chi connectivity index (χ3v) is 4.24. The van der Waals surface area contributed by atoms with Crippen LogP contribution in [0.3, 0.4) is 0 Å². The van der Waals surface area contributed by atoms with Crippen molar-refractivity contribution < 1.29 is 4.74 Å². The number of anilines is 1. The van der Waals surface area contributed by atoms with E-state index in [1.165, 1.54) is 0 Å². The molecule has 0 atom stereocenters. The van der Waals surface area contributed by atoms with E-state index in [0.29, 0.717) is 23.7 Å². The number of hydrogen-bond acceptors (Lipinski definition) is 3. The van der Waals surface area contributed by atoms with E-state index in [1.807, 2.05) is 19.1 Å². The maximum absolute atomic E-state index is 6.12. The normalized spacial score (nSPS) is 23.2. The summed E-state index contributed by atoms with van der Waals surface area (Å²) in [6, 6.07) is 4.58. The minimum atomic E-state index is 0.357. The van der Waals surface area contributed by atoms with Gasteiger partial charge in [0, 0.05) is 17.1 Å². The lowest BCUT2D eigenvalue weighted by atomic mass is 9.91. The van der Waals surface area contributed by atoms with Gasteiger partial charge in [0.05, 0.1) is 16.8 Å². The second-order valence-corrected chi connectivity index (χ2v) is 6.24. The Morgan fingerprint density at radius 1 is 1.37 bits per heavy atom. The van der Waals surface area contributed by atoms with E-state index in [9.17, 15) is 0 Å². The van der Waals surface area contributed by atoms with Gasteiger partial charge in [-0.05, 0) is 60.7 Å². The second kappa shape index (κ2) is 6.82. The summed E-state index contributed by atoms with van der Waals surface area (Å²) in [4.78, 5) is 0. The van der Waals surface area contributed by atoms with Gasteiger partial charge in [-0.3, -0.25) is 0 Å². The van der Waals surface area contributed by atoms with Crippen molar-refractivity contribution in [3.05, 3.63) is 21.6 Å². The van der Waals surface area contributed by atoms with Crippen molar-refractivity contribution in [1.82, 2.24) is 0 Å². The minimum absolute atomic E-state index is 0.357.